The number of benzene rings is 1. The van der Waals surface area contributed by atoms with Crippen LogP contribution in [0.2, 0.25) is 5.02 Å². The third-order valence-corrected chi connectivity index (χ3v) is 5.74. The number of sulfone groups is 1. The van der Waals surface area contributed by atoms with Gasteiger partial charge < -0.3 is 5.11 Å². The van der Waals surface area contributed by atoms with Gasteiger partial charge in [0.05, 0.1) is 17.3 Å². The summed E-state index contributed by atoms with van der Waals surface area (Å²) in [5.74, 6) is 0.0745. The van der Waals surface area contributed by atoms with Gasteiger partial charge in [0, 0.05) is 17.6 Å². The van der Waals surface area contributed by atoms with Gasteiger partial charge in [-0.25, -0.2) is 8.42 Å². The number of likely N-dealkylation sites (tertiary alicyclic amines) is 1. The van der Waals surface area contributed by atoms with Gasteiger partial charge in [0.1, 0.15) is 0 Å². The summed E-state index contributed by atoms with van der Waals surface area (Å²) in [6, 6.07) is 6.36. The van der Waals surface area contributed by atoms with E-state index < -0.39 is 9.84 Å². The zero-order valence-electron chi connectivity index (χ0n) is 11.3. The molecule has 1 heterocycles. The highest BCUT2D eigenvalue weighted by Gasteiger charge is 2.24. The van der Waals surface area contributed by atoms with Crippen LogP contribution in [0.5, 0.6) is 0 Å². The largest absolute Gasteiger partial charge is 0.395 e. The van der Waals surface area contributed by atoms with Crippen molar-refractivity contribution in [2.24, 2.45) is 0 Å². The summed E-state index contributed by atoms with van der Waals surface area (Å²) in [4.78, 5) is 2.39. The SMILES string of the molecule is O=S(=O)(CCN1CCCCC1CO)c1ccc(Cl)cc1. The van der Waals surface area contributed by atoms with Crippen molar-refractivity contribution in [2.45, 2.75) is 30.2 Å². The lowest BCUT2D eigenvalue weighted by atomic mass is 10.0. The molecule has 0 radical (unpaired) electrons. The monoisotopic (exact) mass is 317 g/mol. The maximum absolute atomic E-state index is 12.2. The van der Waals surface area contributed by atoms with Crippen LogP contribution in [0.3, 0.4) is 0 Å². The van der Waals surface area contributed by atoms with Crippen LogP contribution in [0.4, 0.5) is 0 Å². The minimum Gasteiger partial charge on any atom is -0.395 e. The van der Waals surface area contributed by atoms with E-state index in [1.54, 1.807) is 12.1 Å². The molecular weight excluding hydrogens is 298 g/mol. The number of nitrogens with zero attached hydrogens (tertiary/aromatic N) is 1. The predicted octanol–water partition coefficient (Wildman–Crippen LogP) is 1.96. The molecule has 0 bridgehead atoms. The number of aliphatic hydroxyl groups excluding tert-OH is 1. The number of piperidine rings is 1. The third-order valence-electron chi connectivity index (χ3n) is 3.78. The second kappa shape index (κ2) is 6.89. The zero-order chi connectivity index (χ0) is 14.6. The summed E-state index contributed by atoms with van der Waals surface area (Å²) in [6.07, 6.45) is 3.11. The molecule has 20 heavy (non-hydrogen) atoms. The predicted molar refractivity (Wildman–Crippen MR) is 79.8 cm³/mol. The van der Waals surface area contributed by atoms with Crippen molar-refractivity contribution >= 4 is 21.4 Å². The maximum atomic E-state index is 12.2. The van der Waals surface area contributed by atoms with Gasteiger partial charge in [-0.05, 0) is 43.7 Å². The fraction of sp³-hybridized carbons (Fsp3) is 0.571. The summed E-state index contributed by atoms with van der Waals surface area (Å²) in [6.45, 7) is 1.43. The minimum atomic E-state index is -3.29. The Morgan fingerprint density at radius 3 is 2.60 bits per heavy atom. The molecular formula is C14H20ClNO3S. The lowest BCUT2D eigenvalue weighted by Crippen LogP contribution is -2.44. The van der Waals surface area contributed by atoms with Crippen molar-refractivity contribution in [2.75, 3.05) is 25.4 Å². The molecule has 1 atom stereocenters. The van der Waals surface area contributed by atoms with E-state index in [9.17, 15) is 13.5 Å². The van der Waals surface area contributed by atoms with Gasteiger partial charge in [0.25, 0.3) is 0 Å². The fourth-order valence-electron chi connectivity index (χ4n) is 2.56. The minimum absolute atomic E-state index is 0.0745. The van der Waals surface area contributed by atoms with Crippen molar-refractivity contribution in [1.29, 1.82) is 0 Å². The first kappa shape index (κ1) is 15.8. The van der Waals surface area contributed by atoms with Crippen molar-refractivity contribution in [1.82, 2.24) is 4.90 Å². The fourth-order valence-corrected chi connectivity index (χ4v) is 3.95. The second-order valence-corrected chi connectivity index (χ2v) is 7.69. The molecule has 1 unspecified atom stereocenters. The van der Waals surface area contributed by atoms with Crippen LogP contribution in [-0.4, -0.2) is 49.9 Å². The van der Waals surface area contributed by atoms with E-state index in [-0.39, 0.29) is 18.4 Å². The van der Waals surface area contributed by atoms with Gasteiger partial charge in [0.15, 0.2) is 9.84 Å². The molecule has 0 amide bonds. The molecule has 2 rings (SSSR count). The topological polar surface area (TPSA) is 57.6 Å². The Labute approximate surface area is 125 Å². The van der Waals surface area contributed by atoms with Crippen LogP contribution >= 0.6 is 11.6 Å². The maximum Gasteiger partial charge on any atom is 0.179 e. The lowest BCUT2D eigenvalue weighted by Gasteiger charge is -2.34. The quantitative estimate of drug-likeness (QED) is 0.902. The van der Waals surface area contributed by atoms with Crippen LogP contribution in [0.1, 0.15) is 19.3 Å². The second-order valence-electron chi connectivity index (χ2n) is 5.14. The highest BCUT2D eigenvalue weighted by Crippen LogP contribution is 2.19. The van der Waals surface area contributed by atoms with Crippen LogP contribution in [0, 0.1) is 0 Å². The smallest absolute Gasteiger partial charge is 0.179 e. The molecule has 4 nitrogen and oxygen atoms in total. The first-order valence-corrected chi connectivity index (χ1v) is 8.89. The Balaban J connectivity index is 1.99. The number of hydrogen-bond donors (Lipinski definition) is 1. The van der Waals surface area contributed by atoms with Crippen molar-refractivity contribution in [3.63, 3.8) is 0 Å². The molecule has 1 saturated heterocycles. The average Bonchev–Trinajstić information content (AvgIpc) is 2.46. The summed E-state index contributed by atoms with van der Waals surface area (Å²) in [5, 5.41) is 9.86. The third kappa shape index (κ3) is 3.95. The van der Waals surface area contributed by atoms with Crippen molar-refractivity contribution < 1.29 is 13.5 Å². The molecule has 1 fully saturated rings. The highest BCUT2D eigenvalue weighted by atomic mass is 35.5. The lowest BCUT2D eigenvalue weighted by molar-refractivity contribution is 0.0958. The Hall–Kier alpha value is -0.620. The number of halogens is 1. The van der Waals surface area contributed by atoms with E-state index in [0.29, 0.717) is 16.5 Å². The molecule has 1 aromatic rings. The van der Waals surface area contributed by atoms with Gasteiger partial charge in [-0.3, -0.25) is 4.90 Å². The first-order chi connectivity index (χ1) is 9.53. The summed E-state index contributed by atoms with van der Waals surface area (Å²) >= 11 is 5.77. The average molecular weight is 318 g/mol. The van der Waals surface area contributed by atoms with Crippen molar-refractivity contribution in [3.05, 3.63) is 29.3 Å². The van der Waals surface area contributed by atoms with E-state index in [2.05, 4.69) is 4.90 Å². The Morgan fingerprint density at radius 1 is 1.25 bits per heavy atom. The summed E-state index contributed by atoms with van der Waals surface area (Å²) in [5.41, 5.74) is 0. The zero-order valence-corrected chi connectivity index (χ0v) is 12.9. The van der Waals surface area contributed by atoms with Gasteiger partial charge in [-0.1, -0.05) is 18.0 Å². The molecule has 1 N–H and O–H groups in total. The molecule has 1 aliphatic rings. The molecule has 1 aliphatic heterocycles. The van der Waals surface area contributed by atoms with Crippen LogP contribution in [0.15, 0.2) is 29.2 Å². The van der Waals surface area contributed by atoms with E-state index in [1.807, 2.05) is 0 Å². The number of aliphatic hydroxyl groups is 1. The Bertz CT molecular complexity index is 530. The molecule has 0 spiro atoms. The van der Waals surface area contributed by atoms with E-state index in [4.69, 9.17) is 11.6 Å². The molecule has 6 heteroatoms. The normalized spacial score (nSPS) is 21.0. The van der Waals surface area contributed by atoms with Gasteiger partial charge in [-0.15, -0.1) is 0 Å². The standard InChI is InChI=1S/C14H20ClNO3S/c15-12-4-6-14(7-5-12)20(18,19)10-9-16-8-2-1-3-13(16)11-17/h4-7,13,17H,1-3,8-11H2. The number of hydrogen-bond acceptors (Lipinski definition) is 4. The van der Waals surface area contributed by atoms with Gasteiger partial charge in [-0.2, -0.15) is 0 Å². The van der Waals surface area contributed by atoms with Gasteiger partial charge >= 0.3 is 0 Å². The Morgan fingerprint density at radius 2 is 1.95 bits per heavy atom. The highest BCUT2D eigenvalue weighted by molar-refractivity contribution is 7.91. The summed E-state index contributed by atoms with van der Waals surface area (Å²) in [7, 11) is -3.29. The van der Waals surface area contributed by atoms with E-state index >= 15 is 0 Å². The van der Waals surface area contributed by atoms with Gasteiger partial charge in [0.2, 0.25) is 0 Å². The first-order valence-electron chi connectivity index (χ1n) is 6.86. The van der Waals surface area contributed by atoms with E-state index in [0.717, 1.165) is 25.8 Å². The molecule has 1 aromatic carbocycles. The number of rotatable bonds is 5. The molecule has 112 valence electrons. The van der Waals surface area contributed by atoms with Crippen molar-refractivity contribution in [3.8, 4) is 0 Å². The Kier molecular flexibility index (Phi) is 5.43. The molecule has 0 aliphatic carbocycles. The molecule has 0 aromatic heterocycles. The van der Waals surface area contributed by atoms with Crippen LogP contribution in [-0.2, 0) is 9.84 Å². The van der Waals surface area contributed by atoms with Crippen LogP contribution in [0.25, 0.3) is 0 Å². The van der Waals surface area contributed by atoms with Crippen LogP contribution < -0.4 is 0 Å². The molecule has 0 saturated carbocycles. The summed E-state index contributed by atoms with van der Waals surface area (Å²) < 4.78 is 24.5. The van der Waals surface area contributed by atoms with E-state index in [1.165, 1.54) is 12.1 Å².